The topological polar surface area (TPSA) is 27.0 Å². The third-order valence-electron chi connectivity index (χ3n) is 3.57. The van der Waals surface area contributed by atoms with Crippen LogP contribution in [0.15, 0.2) is 0 Å². The molecule has 3 atom stereocenters. The second-order valence-electron chi connectivity index (χ2n) is 4.72. The Balaban J connectivity index is 2.10. The van der Waals surface area contributed by atoms with Gasteiger partial charge in [-0.1, -0.05) is 0 Å². The maximum absolute atomic E-state index is 8.91. The van der Waals surface area contributed by atoms with Crippen LogP contribution in [-0.2, 0) is 0 Å². The second-order valence-corrected chi connectivity index (χ2v) is 4.72. The molecule has 2 rings (SSSR count). The minimum Gasteiger partial charge on any atom is -0.295 e. The van der Waals surface area contributed by atoms with Crippen LogP contribution in [0.3, 0.4) is 0 Å². The molecular formula is C11H18N2. The van der Waals surface area contributed by atoms with Gasteiger partial charge in [-0.3, -0.25) is 4.90 Å². The van der Waals surface area contributed by atoms with Crippen molar-refractivity contribution < 1.29 is 0 Å². The highest BCUT2D eigenvalue weighted by atomic mass is 15.2. The molecular weight excluding hydrogens is 160 g/mol. The number of hydrogen-bond donors (Lipinski definition) is 0. The first-order valence-electron chi connectivity index (χ1n) is 5.39. The molecule has 0 radical (unpaired) electrons. The zero-order valence-corrected chi connectivity index (χ0v) is 8.53. The van der Waals surface area contributed by atoms with Crippen LogP contribution < -0.4 is 0 Å². The van der Waals surface area contributed by atoms with Crippen molar-refractivity contribution in [1.29, 1.82) is 5.26 Å². The summed E-state index contributed by atoms with van der Waals surface area (Å²) in [5.41, 5.74) is 0. The predicted molar refractivity (Wildman–Crippen MR) is 52.1 cm³/mol. The molecule has 2 fully saturated rings. The lowest BCUT2D eigenvalue weighted by molar-refractivity contribution is 0.0874. The average molecular weight is 178 g/mol. The fourth-order valence-corrected chi connectivity index (χ4v) is 3.16. The summed E-state index contributed by atoms with van der Waals surface area (Å²) in [7, 11) is 0. The van der Waals surface area contributed by atoms with Crippen LogP contribution in [0.25, 0.3) is 0 Å². The molecule has 2 heteroatoms. The van der Waals surface area contributed by atoms with Crippen molar-refractivity contribution in [1.82, 2.24) is 4.90 Å². The number of nitriles is 1. The Bertz CT molecular complexity index is 215. The van der Waals surface area contributed by atoms with Gasteiger partial charge in [0.15, 0.2) is 0 Å². The molecule has 0 N–H and O–H groups in total. The zero-order chi connectivity index (χ0) is 9.42. The number of piperidine rings is 1. The van der Waals surface area contributed by atoms with E-state index in [0.29, 0.717) is 24.0 Å². The average Bonchev–Trinajstić information content (AvgIpc) is 2.37. The number of hydrogen-bond acceptors (Lipinski definition) is 2. The Labute approximate surface area is 80.5 Å². The van der Waals surface area contributed by atoms with Gasteiger partial charge in [0.05, 0.1) is 6.07 Å². The molecule has 0 aliphatic carbocycles. The van der Waals surface area contributed by atoms with E-state index >= 15 is 0 Å². The van der Waals surface area contributed by atoms with Crippen LogP contribution in [0.1, 0.15) is 39.5 Å². The van der Waals surface area contributed by atoms with E-state index in [1.165, 1.54) is 12.8 Å². The molecule has 2 aliphatic heterocycles. The first kappa shape index (κ1) is 9.02. The molecule has 2 saturated heterocycles. The molecule has 2 aliphatic rings. The van der Waals surface area contributed by atoms with Gasteiger partial charge in [-0.25, -0.2) is 0 Å². The fourth-order valence-electron chi connectivity index (χ4n) is 3.16. The lowest BCUT2D eigenvalue weighted by Gasteiger charge is -2.39. The molecule has 0 spiro atoms. The van der Waals surface area contributed by atoms with Crippen molar-refractivity contribution in [2.75, 3.05) is 0 Å². The summed E-state index contributed by atoms with van der Waals surface area (Å²) < 4.78 is 0. The molecule has 2 nitrogen and oxygen atoms in total. The van der Waals surface area contributed by atoms with Crippen LogP contribution in [0.2, 0.25) is 0 Å². The Morgan fingerprint density at radius 3 is 2.15 bits per heavy atom. The van der Waals surface area contributed by atoms with Crippen LogP contribution in [0.4, 0.5) is 0 Å². The summed E-state index contributed by atoms with van der Waals surface area (Å²) in [5, 5.41) is 8.91. The van der Waals surface area contributed by atoms with Gasteiger partial charge < -0.3 is 0 Å². The molecule has 72 valence electrons. The SMILES string of the molecule is CC(C)N1[C@@H]2CC[C@H]1C[C@H](C#N)C2. The summed E-state index contributed by atoms with van der Waals surface area (Å²) in [4.78, 5) is 2.63. The molecule has 2 bridgehead atoms. The van der Waals surface area contributed by atoms with Gasteiger partial charge in [0.2, 0.25) is 0 Å². The van der Waals surface area contributed by atoms with Crippen molar-refractivity contribution in [2.45, 2.75) is 57.7 Å². The first-order valence-corrected chi connectivity index (χ1v) is 5.39. The third-order valence-corrected chi connectivity index (χ3v) is 3.57. The molecule has 0 saturated carbocycles. The van der Waals surface area contributed by atoms with E-state index < -0.39 is 0 Å². The maximum atomic E-state index is 8.91. The standard InChI is InChI=1S/C11H18N2/c1-8(2)13-10-3-4-11(13)6-9(5-10)7-12/h8-11H,3-6H2,1-2H3/t9-,10-,11+. The summed E-state index contributed by atoms with van der Waals surface area (Å²) in [6, 6.07) is 4.52. The normalized spacial score (nSPS) is 39.4. The first-order chi connectivity index (χ1) is 6.22. The summed E-state index contributed by atoms with van der Waals surface area (Å²) in [5.74, 6) is 0.340. The van der Waals surface area contributed by atoms with E-state index in [0.717, 1.165) is 12.8 Å². The Kier molecular flexibility index (Phi) is 2.29. The van der Waals surface area contributed by atoms with Crippen molar-refractivity contribution in [3.63, 3.8) is 0 Å². The smallest absolute Gasteiger partial charge is 0.0657 e. The van der Waals surface area contributed by atoms with Gasteiger partial charge in [0.25, 0.3) is 0 Å². The van der Waals surface area contributed by atoms with Crippen LogP contribution >= 0.6 is 0 Å². The zero-order valence-electron chi connectivity index (χ0n) is 8.53. The maximum Gasteiger partial charge on any atom is 0.0657 e. The van der Waals surface area contributed by atoms with E-state index in [-0.39, 0.29) is 0 Å². The van der Waals surface area contributed by atoms with Gasteiger partial charge in [0, 0.05) is 24.0 Å². The summed E-state index contributed by atoms with van der Waals surface area (Å²) in [6.45, 7) is 4.55. The van der Waals surface area contributed by atoms with Crippen LogP contribution in [0.5, 0.6) is 0 Å². The van der Waals surface area contributed by atoms with Crippen molar-refractivity contribution in [2.24, 2.45) is 5.92 Å². The second kappa shape index (κ2) is 3.31. The lowest BCUT2D eigenvalue weighted by Crippen LogP contribution is -2.46. The number of rotatable bonds is 1. The number of nitrogens with zero attached hydrogens (tertiary/aromatic N) is 2. The van der Waals surface area contributed by atoms with E-state index in [1.807, 2.05) is 0 Å². The van der Waals surface area contributed by atoms with E-state index in [1.54, 1.807) is 0 Å². The van der Waals surface area contributed by atoms with Crippen molar-refractivity contribution in [3.8, 4) is 6.07 Å². The molecule has 0 aromatic heterocycles. The molecule has 2 heterocycles. The largest absolute Gasteiger partial charge is 0.295 e. The Morgan fingerprint density at radius 2 is 1.77 bits per heavy atom. The van der Waals surface area contributed by atoms with Gasteiger partial charge in [-0.05, 0) is 39.5 Å². The highest BCUT2D eigenvalue weighted by molar-refractivity contribution is 5.01. The van der Waals surface area contributed by atoms with E-state index in [9.17, 15) is 0 Å². The summed E-state index contributed by atoms with van der Waals surface area (Å²) >= 11 is 0. The lowest BCUT2D eigenvalue weighted by atomic mass is 9.91. The molecule has 0 unspecified atom stereocenters. The third kappa shape index (κ3) is 1.46. The van der Waals surface area contributed by atoms with E-state index in [4.69, 9.17) is 5.26 Å². The van der Waals surface area contributed by atoms with Crippen LogP contribution in [0, 0.1) is 17.2 Å². The minimum absolute atomic E-state index is 0.340. The molecule has 0 aromatic rings. The highest BCUT2D eigenvalue weighted by Gasteiger charge is 2.41. The Morgan fingerprint density at radius 1 is 1.23 bits per heavy atom. The van der Waals surface area contributed by atoms with Gasteiger partial charge in [-0.2, -0.15) is 5.26 Å². The summed E-state index contributed by atoms with van der Waals surface area (Å²) in [6.07, 6.45) is 4.87. The predicted octanol–water partition coefficient (Wildman–Crippen LogP) is 2.16. The van der Waals surface area contributed by atoms with Crippen LogP contribution in [-0.4, -0.2) is 23.0 Å². The highest BCUT2D eigenvalue weighted by Crippen LogP contribution is 2.39. The molecule has 0 aromatic carbocycles. The quantitative estimate of drug-likeness (QED) is 0.615. The van der Waals surface area contributed by atoms with Crippen molar-refractivity contribution in [3.05, 3.63) is 0 Å². The van der Waals surface area contributed by atoms with Gasteiger partial charge in [0.1, 0.15) is 0 Å². The number of fused-ring (bicyclic) bond motifs is 2. The molecule has 13 heavy (non-hydrogen) atoms. The van der Waals surface area contributed by atoms with Gasteiger partial charge in [-0.15, -0.1) is 0 Å². The Hall–Kier alpha value is -0.550. The minimum atomic E-state index is 0.340. The van der Waals surface area contributed by atoms with E-state index in [2.05, 4.69) is 24.8 Å². The monoisotopic (exact) mass is 178 g/mol. The van der Waals surface area contributed by atoms with Gasteiger partial charge >= 0.3 is 0 Å². The molecule has 0 amide bonds. The van der Waals surface area contributed by atoms with Crippen molar-refractivity contribution >= 4 is 0 Å². The fraction of sp³-hybridized carbons (Fsp3) is 0.909.